The molecule has 0 bridgehead atoms. The van der Waals surface area contributed by atoms with Gasteiger partial charge in [-0.2, -0.15) is 0 Å². The summed E-state index contributed by atoms with van der Waals surface area (Å²) in [6.45, 7) is 9.56. The van der Waals surface area contributed by atoms with Gasteiger partial charge in [0.1, 0.15) is 17.6 Å². The van der Waals surface area contributed by atoms with Crippen molar-refractivity contribution in [3.63, 3.8) is 0 Å². The number of alkyl carbamates (subject to hydrolysis) is 1. The van der Waals surface area contributed by atoms with Gasteiger partial charge in [-0.15, -0.1) is 11.3 Å². The Balaban J connectivity index is 1.94. The lowest BCUT2D eigenvalue weighted by Crippen LogP contribution is -2.47. The molecule has 2 heterocycles. The predicted octanol–water partition coefficient (Wildman–Crippen LogP) is 4.13. The molecule has 0 saturated heterocycles. The van der Waals surface area contributed by atoms with E-state index in [-0.39, 0.29) is 18.4 Å². The summed E-state index contributed by atoms with van der Waals surface area (Å²) in [6.07, 6.45) is 1.57. The van der Waals surface area contributed by atoms with Crippen molar-refractivity contribution in [2.45, 2.75) is 59.3 Å². The van der Waals surface area contributed by atoms with Crippen molar-refractivity contribution < 1.29 is 18.8 Å². The van der Waals surface area contributed by atoms with Crippen LogP contribution in [0.5, 0.6) is 0 Å². The van der Waals surface area contributed by atoms with E-state index in [9.17, 15) is 4.79 Å². The Kier molecular flexibility index (Phi) is 7.45. The van der Waals surface area contributed by atoms with Crippen molar-refractivity contribution in [3.05, 3.63) is 29.5 Å². The topological polar surface area (TPSA) is 112 Å². The van der Waals surface area contributed by atoms with E-state index in [4.69, 9.17) is 19.7 Å². The van der Waals surface area contributed by atoms with Crippen molar-refractivity contribution in [2.75, 3.05) is 0 Å². The third-order valence-electron chi connectivity index (χ3n) is 3.42. The number of hydrogen-bond donors (Lipinski definition) is 2. The van der Waals surface area contributed by atoms with Crippen LogP contribution < -0.4 is 11.1 Å². The van der Waals surface area contributed by atoms with E-state index < -0.39 is 17.7 Å². The van der Waals surface area contributed by atoms with Crippen LogP contribution in [0.25, 0.3) is 10.8 Å². The molecule has 154 valence electrons. The molecular formula is C19H28N4O4S. The van der Waals surface area contributed by atoms with E-state index in [0.29, 0.717) is 18.0 Å². The summed E-state index contributed by atoms with van der Waals surface area (Å²) in [5, 5.41) is 8.64. The molecule has 1 atom stereocenters. The molecule has 0 aliphatic heterocycles. The largest absolute Gasteiger partial charge is 0.444 e. The number of amides is 1. The second kappa shape index (κ2) is 9.59. The fourth-order valence-electron chi connectivity index (χ4n) is 2.30. The fraction of sp³-hybridized carbons (Fsp3) is 0.526. The molecule has 1 amide bonds. The van der Waals surface area contributed by atoms with E-state index in [0.717, 1.165) is 4.88 Å². The van der Waals surface area contributed by atoms with Crippen LogP contribution in [0.1, 0.15) is 46.7 Å². The first kappa shape index (κ1) is 21.7. The lowest BCUT2D eigenvalue weighted by molar-refractivity contribution is 0.0512. The first-order chi connectivity index (χ1) is 13.1. The Morgan fingerprint density at radius 1 is 1.43 bits per heavy atom. The Hall–Kier alpha value is -2.55. The van der Waals surface area contributed by atoms with Crippen LogP contribution in [0.4, 0.5) is 4.79 Å². The average Bonchev–Trinajstić information content (AvgIpc) is 3.23. The quantitative estimate of drug-likeness (QED) is 0.386. The van der Waals surface area contributed by atoms with Crippen LogP contribution in [0.15, 0.2) is 33.3 Å². The van der Waals surface area contributed by atoms with Gasteiger partial charge in [-0.05, 0) is 44.6 Å². The molecule has 3 N–H and O–H groups in total. The number of carbonyl (C=O) groups excluding carboxylic acids is 1. The van der Waals surface area contributed by atoms with Gasteiger partial charge in [0, 0.05) is 0 Å². The number of nitrogens with two attached hydrogens (primary N) is 1. The number of hydrogen-bond acceptors (Lipinski definition) is 7. The zero-order chi connectivity index (χ0) is 20.7. The highest BCUT2D eigenvalue weighted by atomic mass is 32.1. The van der Waals surface area contributed by atoms with Gasteiger partial charge in [0.05, 0.1) is 10.9 Å². The molecule has 0 aliphatic carbocycles. The Morgan fingerprint density at radius 3 is 2.79 bits per heavy atom. The summed E-state index contributed by atoms with van der Waals surface area (Å²) >= 11 is 1.54. The smallest absolute Gasteiger partial charge is 0.408 e. The molecule has 2 aromatic rings. The minimum atomic E-state index is -0.595. The molecule has 0 saturated carbocycles. The third kappa shape index (κ3) is 7.22. The van der Waals surface area contributed by atoms with Gasteiger partial charge in [0.15, 0.2) is 12.4 Å². The number of nitrogens with zero attached hydrogens (tertiary/aromatic N) is 2. The molecule has 28 heavy (non-hydrogen) atoms. The van der Waals surface area contributed by atoms with Crippen molar-refractivity contribution >= 4 is 23.3 Å². The van der Waals surface area contributed by atoms with Gasteiger partial charge >= 0.3 is 6.09 Å². The maximum Gasteiger partial charge on any atom is 0.408 e. The van der Waals surface area contributed by atoms with Crippen LogP contribution in [-0.4, -0.2) is 28.6 Å². The van der Waals surface area contributed by atoms with Gasteiger partial charge in [0.25, 0.3) is 0 Å². The first-order valence-electron chi connectivity index (χ1n) is 9.07. The van der Waals surface area contributed by atoms with E-state index in [1.807, 2.05) is 31.4 Å². The minimum Gasteiger partial charge on any atom is -0.444 e. The number of oxazole rings is 1. The lowest BCUT2D eigenvalue weighted by atomic mass is 10.0. The molecule has 0 spiro atoms. The van der Waals surface area contributed by atoms with Crippen molar-refractivity contribution in [3.8, 4) is 10.8 Å². The predicted molar refractivity (Wildman–Crippen MR) is 109 cm³/mol. The molecule has 2 rings (SSSR count). The number of nitrogens with one attached hydrogen (secondary N) is 1. The molecule has 8 nitrogen and oxygen atoms in total. The van der Waals surface area contributed by atoms with E-state index >= 15 is 0 Å². The number of thiophene rings is 1. The number of rotatable bonds is 8. The molecule has 0 radical (unpaired) electrons. The average molecular weight is 409 g/mol. The molecule has 0 aromatic carbocycles. The SMILES string of the molecule is CC(C)CC(NC(=O)OC(C)(C)C)/C(N)=N/OCc1coc(-c2cccs2)n1. The van der Waals surface area contributed by atoms with Crippen LogP contribution in [0, 0.1) is 5.92 Å². The minimum absolute atomic E-state index is 0.108. The summed E-state index contributed by atoms with van der Waals surface area (Å²) in [5.41, 5.74) is 6.04. The highest BCUT2D eigenvalue weighted by Crippen LogP contribution is 2.23. The first-order valence-corrected chi connectivity index (χ1v) is 9.95. The Labute approximate surface area is 169 Å². The highest BCUT2D eigenvalue weighted by Gasteiger charge is 2.23. The molecule has 0 fully saturated rings. The van der Waals surface area contributed by atoms with E-state index in [2.05, 4.69) is 15.5 Å². The van der Waals surface area contributed by atoms with Gasteiger partial charge in [-0.1, -0.05) is 25.1 Å². The second-order valence-corrected chi connectivity index (χ2v) is 8.69. The number of amidine groups is 1. The molecule has 1 unspecified atom stereocenters. The van der Waals surface area contributed by atoms with E-state index in [1.165, 1.54) is 6.26 Å². The van der Waals surface area contributed by atoms with Crippen molar-refractivity contribution in [2.24, 2.45) is 16.8 Å². The Morgan fingerprint density at radius 2 is 2.18 bits per heavy atom. The zero-order valence-corrected chi connectivity index (χ0v) is 17.7. The van der Waals surface area contributed by atoms with Crippen molar-refractivity contribution in [1.82, 2.24) is 10.3 Å². The third-order valence-corrected chi connectivity index (χ3v) is 4.28. The lowest BCUT2D eigenvalue weighted by Gasteiger charge is -2.24. The van der Waals surface area contributed by atoms with Crippen LogP contribution in [0.2, 0.25) is 0 Å². The summed E-state index contributed by atoms with van der Waals surface area (Å²) < 4.78 is 10.7. The summed E-state index contributed by atoms with van der Waals surface area (Å²) in [7, 11) is 0. The molecular weight excluding hydrogens is 380 g/mol. The maximum absolute atomic E-state index is 12.1. The second-order valence-electron chi connectivity index (χ2n) is 7.74. The van der Waals surface area contributed by atoms with Gasteiger partial charge < -0.3 is 25.0 Å². The number of carbonyl (C=O) groups is 1. The number of aromatic nitrogens is 1. The maximum atomic E-state index is 12.1. The van der Waals surface area contributed by atoms with Crippen molar-refractivity contribution in [1.29, 1.82) is 0 Å². The summed E-state index contributed by atoms with van der Waals surface area (Å²) in [6, 6.07) is 3.36. The van der Waals surface area contributed by atoms with Gasteiger partial charge in [-0.25, -0.2) is 9.78 Å². The molecule has 0 aliphatic rings. The Bertz CT molecular complexity index is 778. The van der Waals surface area contributed by atoms with Crippen LogP contribution in [0.3, 0.4) is 0 Å². The molecule has 9 heteroatoms. The highest BCUT2D eigenvalue weighted by molar-refractivity contribution is 7.13. The normalized spacial score (nSPS) is 13.4. The zero-order valence-electron chi connectivity index (χ0n) is 16.9. The molecule has 2 aromatic heterocycles. The number of oxime groups is 1. The van der Waals surface area contributed by atoms with Gasteiger partial charge in [-0.3, -0.25) is 0 Å². The van der Waals surface area contributed by atoms with Crippen LogP contribution >= 0.6 is 11.3 Å². The standard InChI is InChI=1S/C19H28N4O4S/c1-12(2)9-14(22-18(24)27-19(3,4)5)16(20)23-26-11-13-10-25-17(21-13)15-7-6-8-28-15/h6-8,10,12,14H,9,11H2,1-5H3,(H2,20,23)(H,22,24). The summed E-state index contributed by atoms with van der Waals surface area (Å²) in [4.78, 5) is 22.7. The van der Waals surface area contributed by atoms with Gasteiger partial charge in [0.2, 0.25) is 5.89 Å². The monoisotopic (exact) mass is 408 g/mol. The number of ether oxygens (including phenoxy) is 1. The summed E-state index contributed by atoms with van der Waals surface area (Å²) in [5.74, 6) is 0.994. The fourth-order valence-corrected chi connectivity index (χ4v) is 2.95. The van der Waals surface area contributed by atoms with Crippen LogP contribution in [-0.2, 0) is 16.2 Å². The van der Waals surface area contributed by atoms with E-state index in [1.54, 1.807) is 32.1 Å².